The molecule has 2 aromatic carbocycles. The zero-order valence-corrected chi connectivity index (χ0v) is 18.5. The zero-order valence-electron chi connectivity index (χ0n) is 16.9. The molecular weight excluding hydrogens is 415 g/mol. The van der Waals surface area contributed by atoms with Crippen molar-refractivity contribution in [2.45, 2.75) is 45.7 Å². The minimum atomic E-state index is -3.82. The number of hydrogen-bond donors (Lipinski definition) is 1. The average molecular weight is 441 g/mol. The molecule has 0 heterocycles. The Hall–Kier alpha value is -2.12. The average Bonchev–Trinajstić information content (AvgIpc) is 2.67. The predicted molar refractivity (Wildman–Crippen MR) is 115 cm³/mol. The standard InChI is InChI=1S/C21H26ClFN2O3S/c1-5-15-7-9-16(10-8-15)14(3)24-21(26)20(6-2)25(29(4,27)28)17-11-12-19(23)18(22)13-17/h7-14,20H,5-6H2,1-4H3,(H,24,26)/t14-,20-/m1/s1. The molecule has 5 nitrogen and oxygen atoms in total. The topological polar surface area (TPSA) is 66.5 Å². The van der Waals surface area contributed by atoms with Crippen molar-refractivity contribution >= 4 is 33.2 Å². The highest BCUT2D eigenvalue weighted by Gasteiger charge is 2.32. The molecule has 2 rings (SSSR count). The van der Waals surface area contributed by atoms with Gasteiger partial charge >= 0.3 is 0 Å². The molecule has 1 N–H and O–H groups in total. The Bertz CT molecular complexity index is 964. The number of sulfonamides is 1. The van der Waals surface area contributed by atoms with Gasteiger partial charge in [0.2, 0.25) is 15.9 Å². The van der Waals surface area contributed by atoms with Crippen molar-refractivity contribution in [1.82, 2.24) is 5.32 Å². The van der Waals surface area contributed by atoms with Gasteiger partial charge in [0, 0.05) is 0 Å². The van der Waals surface area contributed by atoms with Crippen molar-refractivity contribution in [2.24, 2.45) is 0 Å². The molecule has 0 unspecified atom stereocenters. The summed E-state index contributed by atoms with van der Waals surface area (Å²) in [5.41, 5.74) is 2.25. The fourth-order valence-electron chi connectivity index (χ4n) is 3.12. The SMILES string of the molecule is CCc1ccc([C@@H](C)NC(=O)[C@@H](CC)N(c2ccc(F)c(Cl)c2)S(C)(=O)=O)cc1. The van der Waals surface area contributed by atoms with E-state index in [9.17, 15) is 17.6 Å². The van der Waals surface area contributed by atoms with Gasteiger partial charge in [0.25, 0.3) is 0 Å². The summed E-state index contributed by atoms with van der Waals surface area (Å²) in [6.07, 6.45) is 2.16. The van der Waals surface area contributed by atoms with Crippen molar-refractivity contribution in [3.05, 3.63) is 64.4 Å². The van der Waals surface area contributed by atoms with Crippen LogP contribution in [0.5, 0.6) is 0 Å². The van der Waals surface area contributed by atoms with Crippen LogP contribution in [0, 0.1) is 5.82 Å². The molecule has 1 amide bonds. The van der Waals surface area contributed by atoms with Crippen LogP contribution >= 0.6 is 11.6 Å². The van der Waals surface area contributed by atoms with Gasteiger partial charge in [0.05, 0.1) is 23.0 Å². The maximum absolute atomic E-state index is 13.5. The molecule has 0 aliphatic rings. The lowest BCUT2D eigenvalue weighted by Gasteiger charge is -2.31. The Morgan fingerprint density at radius 1 is 1.17 bits per heavy atom. The van der Waals surface area contributed by atoms with Gasteiger partial charge in [-0.2, -0.15) is 0 Å². The summed E-state index contributed by atoms with van der Waals surface area (Å²) in [6.45, 7) is 5.62. The van der Waals surface area contributed by atoms with Gasteiger partial charge in [-0.25, -0.2) is 12.8 Å². The number of halogens is 2. The van der Waals surface area contributed by atoms with Gasteiger partial charge in [0.1, 0.15) is 11.9 Å². The third-order valence-electron chi connectivity index (χ3n) is 4.73. The molecule has 8 heteroatoms. The van der Waals surface area contributed by atoms with E-state index in [0.29, 0.717) is 0 Å². The Balaban J connectivity index is 2.30. The molecule has 0 spiro atoms. The molecule has 2 atom stereocenters. The maximum atomic E-state index is 13.5. The molecule has 0 radical (unpaired) electrons. The summed E-state index contributed by atoms with van der Waals surface area (Å²) in [5, 5.41) is 2.67. The number of benzene rings is 2. The lowest BCUT2D eigenvalue weighted by atomic mass is 10.0. The van der Waals surface area contributed by atoms with E-state index >= 15 is 0 Å². The second-order valence-corrected chi connectivity index (χ2v) is 9.17. The summed E-state index contributed by atoms with van der Waals surface area (Å²) in [5.74, 6) is -1.10. The summed E-state index contributed by atoms with van der Waals surface area (Å²) >= 11 is 5.83. The van der Waals surface area contributed by atoms with Crippen LogP contribution < -0.4 is 9.62 Å². The number of carbonyl (C=O) groups excluding carboxylic acids is 1. The Morgan fingerprint density at radius 2 is 1.79 bits per heavy atom. The molecule has 0 saturated carbocycles. The third kappa shape index (κ3) is 5.70. The van der Waals surface area contributed by atoms with Crippen molar-refractivity contribution in [1.29, 1.82) is 0 Å². The smallest absolute Gasteiger partial charge is 0.244 e. The fraction of sp³-hybridized carbons (Fsp3) is 0.381. The zero-order chi connectivity index (χ0) is 21.8. The van der Waals surface area contributed by atoms with Crippen LogP contribution in [0.1, 0.15) is 44.4 Å². The monoisotopic (exact) mass is 440 g/mol. The number of rotatable bonds is 8. The minimum absolute atomic E-state index is 0.140. The molecule has 0 aliphatic heterocycles. The van der Waals surface area contributed by atoms with E-state index in [-0.39, 0.29) is 23.2 Å². The minimum Gasteiger partial charge on any atom is -0.348 e. The predicted octanol–water partition coefficient (Wildman–Crippen LogP) is 4.46. The molecular formula is C21H26ClFN2O3S. The van der Waals surface area contributed by atoms with E-state index in [0.717, 1.165) is 28.6 Å². The number of carbonyl (C=O) groups is 1. The molecule has 29 heavy (non-hydrogen) atoms. The first kappa shape index (κ1) is 23.2. The fourth-order valence-corrected chi connectivity index (χ4v) is 4.50. The first-order valence-corrected chi connectivity index (χ1v) is 11.6. The van der Waals surface area contributed by atoms with Gasteiger partial charge in [-0.05, 0) is 49.1 Å². The largest absolute Gasteiger partial charge is 0.348 e. The molecule has 0 bridgehead atoms. The molecule has 158 valence electrons. The Kier molecular flexibility index (Phi) is 7.66. The van der Waals surface area contributed by atoms with E-state index < -0.39 is 27.8 Å². The molecule has 0 saturated heterocycles. The highest BCUT2D eigenvalue weighted by Crippen LogP contribution is 2.27. The first-order valence-electron chi connectivity index (χ1n) is 9.42. The van der Waals surface area contributed by atoms with Crippen LogP contribution in [0.25, 0.3) is 0 Å². The molecule has 0 aromatic heterocycles. The van der Waals surface area contributed by atoms with Crippen molar-refractivity contribution in [3.8, 4) is 0 Å². The van der Waals surface area contributed by atoms with Crippen LogP contribution in [-0.4, -0.2) is 26.6 Å². The van der Waals surface area contributed by atoms with E-state index in [1.54, 1.807) is 6.92 Å². The van der Waals surface area contributed by atoms with Gasteiger partial charge in [-0.1, -0.05) is 49.7 Å². The summed E-state index contributed by atoms with van der Waals surface area (Å²) in [4.78, 5) is 13.0. The van der Waals surface area contributed by atoms with Gasteiger partial charge < -0.3 is 5.32 Å². The quantitative estimate of drug-likeness (QED) is 0.658. The normalized spacial score (nSPS) is 13.6. The van der Waals surface area contributed by atoms with Crippen molar-refractivity contribution in [3.63, 3.8) is 0 Å². The van der Waals surface area contributed by atoms with E-state index in [4.69, 9.17) is 11.6 Å². The first-order chi connectivity index (χ1) is 13.6. The van der Waals surface area contributed by atoms with Crippen molar-refractivity contribution < 1.29 is 17.6 Å². The molecule has 2 aromatic rings. The van der Waals surface area contributed by atoms with Crippen molar-refractivity contribution in [2.75, 3.05) is 10.6 Å². The van der Waals surface area contributed by atoms with E-state index in [2.05, 4.69) is 12.2 Å². The summed E-state index contributed by atoms with van der Waals surface area (Å²) in [7, 11) is -3.82. The third-order valence-corrected chi connectivity index (χ3v) is 6.20. The number of hydrogen-bond acceptors (Lipinski definition) is 3. The number of aryl methyl sites for hydroxylation is 1. The maximum Gasteiger partial charge on any atom is 0.244 e. The van der Waals surface area contributed by atoms with Crippen LogP contribution in [0.4, 0.5) is 10.1 Å². The summed E-state index contributed by atoms with van der Waals surface area (Å²) < 4.78 is 39.5. The highest BCUT2D eigenvalue weighted by atomic mass is 35.5. The number of amides is 1. The second kappa shape index (κ2) is 9.59. The van der Waals surface area contributed by atoms with E-state index in [1.165, 1.54) is 17.7 Å². The van der Waals surface area contributed by atoms with Gasteiger partial charge in [0.15, 0.2) is 0 Å². The molecule has 0 fully saturated rings. The highest BCUT2D eigenvalue weighted by molar-refractivity contribution is 7.92. The summed E-state index contributed by atoms with van der Waals surface area (Å²) in [6, 6.07) is 10.2. The number of nitrogens with zero attached hydrogens (tertiary/aromatic N) is 1. The van der Waals surface area contributed by atoms with Crippen LogP contribution in [0.2, 0.25) is 5.02 Å². The number of nitrogens with one attached hydrogen (secondary N) is 1. The number of anilines is 1. The Morgan fingerprint density at radius 3 is 2.28 bits per heavy atom. The lowest BCUT2D eigenvalue weighted by Crippen LogP contribution is -2.49. The lowest BCUT2D eigenvalue weighted by molar-refractivity contribution is -0.122. The van der Waals surface area contributed by atoms with E-state index in [1.807, 2.05) is 31.2 Å². The van der Waals surface area contributed by atoms with Gasteiger partial charge in [-0.15, -0.1) is 0 Å². The second-order valence-electron chi connectivity index (χ2n) is 6.91. The molecule has 0 aliphatic carbocycles. The van der Waals surface area contributed by atoms with Crippen LogP contribution in [-0.2, 0) is 21.2 Å². The van der Waals surface area contributed by atoms with Crippen LogP contribution in [0.15, 0.2) is 42.5 Å². The van der Waals surface area contributed by atoms with Gasteiger partial charge in [-0.3, -0.25) is 9.10 Å². The Labute approximate surface area is 176 Å². The van der Waals surface area contributed by atoms with Crippen LogP contribution in [0.3, 0.4) is 0 Å².